The van der Waals surface area contributed by atoms with Crippen molar-refractivity contribution in [1.29, 1.82) is 0 Å². The summed E-state index contributed by atoms with van der Waals surface area (Å²) in [5.74, 6) is 0.0470. The molecule has 0 aromatic heterocycles. The zero-order valence-corrected chi connectivity index (χ0v) is 13.5. The molecule has 2 aromatic carbocycles. The van der Waals surface area contributed by atoms with Crippen LogP contribution in [0.2, 0.25) is 0 Å². The number of hydrogen-bond acceptors (Lipinski definition) is 2. The van der Waals surface area contributed by atoms with Gasteiger partial charge in [0.1, 0.15) is 0 Å². The third-order valence-corrected chi connectivity index (χ3v) is 3.78. The topological polar surface area (TPSA) is 20.3 Å². The maximum Gasteiger partial charge on any atom is 0.187 e. The molecule has 0 aliphatic rings. The highest BCUT2D eigenvalue weighted by molar-refractivity contribution is 6.08. The smallest absolute Gasteiger partial charge is 0.187 e. The number of hydrogen-bond donors (Lipinski definition) is 0. The summed E-state index contributed by atoms with van der Waals surface area (Å²) in [6, 6.07) is 17.8. The zero-order valence-electron chi connectivity index (χ0n) is 13.5. The van der Waals surface area contributed by atoms with E-state index < -0.39 is 0 Å². The van der Waals surface area contributed by atoms with E-state index in [1.807, 2.05) is 61.5 Å². The van der Waals surface area contributed by atoms with Crippen molar-refractivity contribution in [3.05, 3.63) is 77.4 Å². The highest BCUT2D eigenvalue weighted by Gasteiger charge is 2.11. The Hall–Kier alpha value is -2.35. The summed E-state index contributed by atoms with van der Waals surface area (Å²) < 4.78 is 0. The monoisotopic (exact) mass is 293 g/mol. The van der Waals surface area contributed by atoms with Crippen LogP contribution >= 0.6 is 0 Å². The molecule has 0 aliphatic heterocycles. The minimum Gasteiger partial charge on any atom is -0.371 e. The van der Waals surface area contributed by atoms with E-state index in [1.165, 1.54) is 0 Å². The van der Waals surface area contributed by atoms with Gasteiger partial charge in [0.15, 0.2) is 5.78 Å². The fraction of sp³-hybridized carbons (Fsp3) is 0.250. The van der Waals surface area contributed by atoms with Crippen molar-refractivity contribution < 1.29 is 4.79 Å². The Morgan fingerprint density at radius 2 is 1.50 bits per heavy atom. The predicted octanol–water partition coefficient (Wildman–Crippen LogP) is 4.56. The van der Waals surface area contributed by atoms with Crippen LogP contribution in [-0.4, -0.2) is 23.8 Å². The maximum atomic E-state index is 12.6. The minimum atomic E-state index is 0.0470. The molecule has 0 N–H and O–H groups in total. The van der Waals surface area contributed by atoms with Gasteiger partial charge >= 0.3 is 0 Å². The lowest BCUT2D eigenvalue weighted by Gasteiger charge is -2.24. The summed E-state index contributed by atoms with van der Waals surface area (Å²) in [7, 11) is 0. The summed E-state index contributed by atoms with van der Waals surface area (Å²) in [5, 5.41) is 0. The average molecular weight is 293 g/mol. The Balaban J connectivity index is 2.39. The molecule has 0 saturated heterocycles. The van der Waals surface area contributed by atoms with Gasteiger partial charge < -0.3 is 4.90 Å². The second-order valence-corrected chi connectivity index (χ2v) is 5.30. The first-order valence-corrected chi connectivity index (χ1v) is 7.78. The van der Waals surface area contributed by atoms with Crippen LogP contribution in [0.3, 0.4) is 0 Å². The van der Waals surface area contributed by atoms with Crippen molar-refractivity contribution in [2.24, 2.45) is 0 Å². The molecule has 0 spiro atoms. The summed E-state index contributed by atoms with van der Waals surface area (Å²) in [6.07, 6.45) is 1.76. The predicted molar refractivity (Wildman–Crippen MR) is 92.8 cm³/mol. The molecule has 2 heteroatoms. The van der Waals surface area contributed by atoms with E-state index in [0.29, 0.717) is 0 Å². The lowest BCUT2D eigenvalue weighted by Crippen LogP contribution is -2.22. The number of nitrogens with zero attached hydrogens (tertiary/aromatic N) is 1. The Kier molecular flexibility index (Phi) is 5.54. The van der Waals surface area contributed by atoms with Gasteiger partial charge in [0.25, 0.3) is 0 Å². The van der Waals surface area contributed by atoms with E-state index in [-0.39, 0.29) is 5.78 Å². The van der Waals surface area contributed by atoms with Gasteiger partial charge in [0.05, 0.1) is 0 Å². The number of aryl methyl sites for hydroxylation is 1. The fourth-order valence-electron chi connectivity index (χ4n) is 2.46. The van der Waals surface area contributed by atoms with Gasteiger partial charge in [0.2, 0.25) is 0 Å². The van der Waals surface area contributed by atoms with Gasteiger partial charge in [-0.1, -0.05) is 60.2 Å². The highest BCUT2D eigenvalue weighted by Crippen LogP contribution is 2.20. The van der Waals surface area contributed by atoms with Crippen LogP contribution in [0, 0.1) is 6.92 Å². The number of rotatable bonds is 6. The molecule has 2 nitrogen and oxygen atoms in total. The summed E-state index contributed by atoms with van der Waals surface area (Å²) >= 11 is 0. The van der Waals surface area contributed by atoms with E-state index in [2.05, 4.69) is 18.7 Å². The largest absolute Gasteiger partial charge is 0.371 e. The SMILES string of the molecule is CCN(CC)C(=CC(=O)c1ccc(C)cc1)c1ccccc1. The number of allylic oxidation sites excluding steroid dienone is 1. The standard InChI is InChI=1S/C20H23NO/c1-4-21(5-2)19(17-9-7-6-8-10-17)15-20(22)18-13-11-16(3)12-14-18/h6-15H,4-5H2,1-3H3. The van der Waals surface area contributed by atoms with Crippen LogP contribution in [0.15, 0.2) is 60.7 Å². The van der Waals surface area contributed by atoms with Crippen molar-refractivity contribution in [2.45, 2.75) is 20.8 Å². The maximum absolute atomic E-state index is 12.6. The van der Waals surface area contributed by atoms with Crippen molar-refractivity contribution in [1.82, 2.24) is 4.90 Å². The Morgan fingerprint density at radius 3 is 2.05 bits per heavy atom. The molecule has 2 rings (SSSR count). The third-order valence-electron chi connectivity index (χ3n) is 3.78. The first-order chi connectivity index (χ1) is 10.7. The van der Waals surface area contributed by atoms with Gasteiger partial charge in [-0.25, -0.2) is 0 Å². The van der Waals surface area contributed by atoms with Gasteiger partial charge in [0, 0.05) is 30.4 Å². The molecule has 2 aromatic rings. The molecule has 0 saturated carbocycles. The van der Waals surface area contributed by atoms with Crippen LogP contribution in [-0.2, 0) is 0 Å². The van der Waals surface area contributed by atoms with E-state index in [9.17, 15) is 4.79 Å². The quantitative estimate of drug-likeness (QED) is 0.575. The van der Waals surface area contributed by atoms with Crippen LogP contribution in [0.1, 0.15) is 35.3 Å². The molecular weight excluding hydrogens is 270 g/mol. The van der Waals surface area contributed by atoms with Gasteiger partial charge in [-0.05, 0) is 26.3 Å². The lowest BCUT2D eigenvalue weighted by atomic mass is 10.0. The summed E-state index contributed by atoms with van der Waals surface area (Å²) in [5.41, 5.74) is 3.95. The molecular formula is C20H23NO. The Bertz CT molecular complexity index is 637. The fourth-order valence-corrected chi connectivity index (χ4v) is 2.46. The Labute approximate surface area is 133 Å². The van der Waals surface area contributed by atoms with Crippen LogP contribution < -0.4 is 0 Å². The van der Waals surface area contributed by atoms with E-state index in [0.717, 1.165) is 35.5 Å². The molecule has 0 heterocycles. The molecule has 0 unspecified atom stereocenters. The summed E-state index contributed by atoms with van der Waals surface area (Å²) in [6.45, 7) is 7.99. The molecule has 0 bridgehead atoms. The van der Waals surface area contributed by atoms with Crippen LogP contribution in [0.25, 0.3) is 5.70 Å². The van der Waals surface area contributed by atoms with Crippen molar-refractivity contribution in [3.63, 3.8) is 0 Å². The lowest BCUT2D eigenvalue weighted by molar-refractivity contribution is 0.104. The van der Waals surface area contributed by atoms with E-state index >= 15 is 0 Å². The second kappa shape index (κ2) is 7.60. The zero-order chi connectivity index (χ0) is 15.9. The van der Waals surface area contributed by atoms with Gasteiger partial charge in [-0.3, -0.25) is 4.79 Å². The first kappa shape index (κ1) is 16.0. The van der Waals surface area contributed by atoms with Gasteiger partial charge in [-0.2, -0.15) is 0 Å². The Morgan fingerprint density at radius 1 is 0.909 bits per heavy atom. The number of ketones is 1. The molecule has 0 radical (unpaired) electrons. The van der Waals surface area contributed by atoms with Gasteiger partial charge in [-0.15, -0.1) is 0 Å². The molecule has 0 aliphatic carbocycles. The normalized spacial score (nSPS) is 11.3. The number of carbonyl (C=O) groups is 1. The summed E-state index contributed by atoms with van der Waals surface area (Å²) in [4.78, 5) is 14.8. The van der Waals surface area contributed by atoms with Crippen molar-refractivity contribution >= 4 is 11.5 Å². The molecule has 0 amide bonds. The van der Waals surface area contributed by atoms with E-state index in [1.54, 1.807) is 6.08 Å². The number of benzene rings is 2. The van der Waals surface area contributed by atoms with Crippen molar-refractivity contribution in [2.75, 3.05) is 13.1 Å². The number of carbonyl (C=O) groups excluding carboxylic acids is 1. The van der Waals surface area contributed by atoms with Crippen LogP contribution in [0.4, 0.5) is 0 Å². The second-order valence-electron chi connectivity index (χ2n) is 5.30. The minimum absolute atomic E-state index is 0.0470. The van der Waals surface area contributed by atoms with Crippen LogP contribution in [0.5, 0.6) is 0 Å². The van der Waals surface area contributed by atoms with Crippen molar-refractivity contribution in [3.8, 4) is 0 Å². The average Bonchev–Trinajstić information content (AvgIpc) is 2.56. The third kappa shape index (κ3) is 3.85. The molecule has 114 valence electrons. The molecule has 0 fully saturated rings. The first-order valence-electron chi connectivity index (χ1n) is 7.78. The van der Waals surface area contributed by atoms with E-state index in [4.69, 9.17) is 0 Å². The highest BCUT2D eigenvalue weighted by atomic mass is 16.1. The molecule has 0 atom stereocenters. The molecule has 22 heavy (non-hydrogen) atoms.